The molecule has 2 atom stereocenters. The minimum Gasteiger partial charge on any atom is -0.508 e. The zero-order chi connectivity index (χ0) is 31.2. The zero-order valence-corrected chi connectivity index (χ0v) is 25.5. The number of aryl methyl sites for hydroxylation is 1. The molecular formula is C32H43N3O7. The number of carbonyl (C=O) groups excluding carboxylic acids is 4. The summed E-state index contributed by atoms with van der Waals surface area (Å²) in [7, 11) is 0. The first-order chi connectivity index (χ1) is 19.5. The third kappa shape index (κ3) is 9.78. The summed E-state index contributed by atoms with van der Waals surface area (Å²) >= 11 is 0. The van der Waals surface area contributed by atoms with E-state index in [4.69, 9.17) is 9.47 Å². The van der Waals surface area contributed by atoms with Crippen molar-refractivity contribution < 1.29 is 33.8 Å². The van der Waals surface area contributed by atoms with Crippen LogP contribution in [0.2, 0.25) is 0 Å². The second-order valence-corrected chi connectivity index (χ2v) is 12.6. The van der Waals surface area contributed by atoms with Crippen LogP contribution >= 0.6 is 0 Å². The third-order valence-corrected chi connectivity index (χ3v) is 6.36. The van der Waals surface area contributed by atoms with Crippen molar-refractivity contribution in [3.63, 3.8) is 0 Å². The average molecular weight is 582 g/mol. The summed E-state index contributed by atoms with van der Waals surface area (Å²) in [5.74, 6) is -1.61. The van der Waals surface area contributed by atoms with Gasteiger partial charge < -0.3 is 30.1 Å². The maximum atomic E-state index is 14.1. The topological polar surface area (TPSA) is 134 Å². The largest absolute Gasteiger partial charge is 0.508 e. The smallest absolute Gasteiger partial charge is 0.408 e. The number of esters is 1. The first-order valence-electron chi connectivity index (χ1n) is 14.2. The average Bonchev–Trinajstić information content (AvgIpc) is 3.71. The van der Waals surface area contributed by atoms with Crippen molar-refractivity contribution in [2.24, 2.45) is 0 Å². The van der Waals surface area contributed by atoms with Gasteiger partial charge in [-0.3, -0.25) is 9.59 Å². The Morgan fingerprint density at radius 1 is 0.952 bits per heavy atom. The van der Waals surface area contributed by atoms with E-state index in [-0.39, 0.29) is 24.8 Å². The predicted molar refractivity (Wildman–Crippen MR) is 158 cm³/mol. The highest BCUT2D eigenvalue weighted by atomic mass is 16.6. The SMILES string of the molecule is Cc1cc(C(C(=O)NC(Cc2ccccc2)C(=O)OC(C)(C)C)N(C(=O)CNC(=O)OC(C)(C)C)C2CC2)ccc1O. The van der Waals surface area contributed by atoms with Crippen LogP contribution in [-0.2, 0) is 30.3 Å². The lowest BCUT2D eigenvalue weighted by Crippen LogP contribution is -2.52. The Morgan fingerprint density at radius 2 is 1.57 bits per heavy atom. The van der Waals surface area contributed by atoms with Crippen molar-refractivity contribution in [1.82, 2.24) is 15.5 Å². The standard InChI is InChI=1S/C32H43N3O7/c1-20-17-22(13-16-25(20)36)27(35(23-14-15-23)26(37)19-33-30(40)42-32(5,6)7)28(38)34-24(29(39)41-31(2,3)4)18-21-11-9-8-10-12-21/h8-13,16-17,23-24,27,36H,14-15,18-19H2,1-7H3,(H,33,40)(H,34,38). The fourth-order valence-corrected chi connectivity index (χ4v) is 4.42. The molecule has 2 aromatic rings. The van der Waals surface area contributed by atoms with E-state index < -0.39 is 47.2 Å². The molecule has 3 rings (SSSR count). The minimum absolute atomic E-state index is 0.0458. The molecule has 0 heterocycles. The zero-order valence-electron chi connectivity index (χ0n) is 25.5. The molecule has 10 nitrogen and oxygen atoms in total. The number of hydrogen-bond donors (Lipinski definition) is 3. The van der Waals surface area contributed by atoms with Gasteiger partial charge in [0.1, 0.15) is 35.6 Å². The molecule has 1 saturated carbocycles. The Balaban J connectivity index is 1.95. The van der Waals surface area contributed by atoms with Crippen LogP contribution in [0.15, 0.2) is 48.5 Å². The van der Waals surface area contributed by atoms with Crippen molar-refractivity contribution in [3.8, 4) is 5.75 Å². The van der Waals surface area contributed by atoms with Crippen molar-refractivity contribution in [1.29, 1.82) is 0 Å². The van der Waals surface area contributed by atoms with Gasteiger partial charge >= 0.3 is 12.1 Å². The minimum atomic E-state index is -1.13. The lowest BCUT2D eigenvalue weighted by atomic mass is 9.99. The van der Waals surface area contributed by atoms with Crippen LogP contribution in [0.1, 0.15) is 77.1 Å². The Bertz CT molecular complexity index is 1280. The molecule has 10 heteroatoms. The number of hydrogen-bond acceptors (Lipinski definition) is 7. The van der Waals surface area contributed by atoms with Crippen molar-refractivity contribution in [2.45, 2.75) is 97.1 Å². The highest BCUT2D eigenvalue weighted by Crippen LogP contribution is 2.36. The van der Waals surface area contributed by atoms with Gasteiger partial charge in [0.25, 0.3) is 0 Å². The Labute approximate surface area is 247 Å². The maximum Gasteiger partial charge on any atom is 0.408 e. The van der Waals surface area contributed by atoms with Gasteiger partial charge in [0.05, 0.1) is 0 Å². The van der Waals surface area contributed by atoms with Crippen LogP contribution in [0.5, 0.6) is 5.75 Å². The lowest BCUT2D eigenvalue weighted by Gasteiger charge is -2.33. The summed E-state index contributed by atoms with van der Waals surface area (Å²) in [5, 5.41) is 15.5. The molecule has 1 aliphatic rings. The fourth-order valence-electron chi connectivity index (χ4n) is 4.42. The second-order valence-electron chi connectivity index (χ2n) is 12.6. The van der Waals surface area contributed by atoms with Gasteiger partial charge in [-0.2, -0.15) is 0 Å². The Morgan fingerprint density at radius 3 is 2.12 bits per heavy atom. The number of alkyl carbamates (subject to hydrolysis) is 1. The summed E-state index contributed by atoms with van der Waals surface area (Å²) in [6.45, 7) is 11.7. The maximum absolute atomic E-state index is 14.1. The molecule has 0 spiro atoms. The van der Waals surface area contributed by atoms with Crippen LogP contribution < -0.4 is 10.6 Å². The highest BCUT2D eigenvalue weighted by molar-refractivity contribution is 5.93. The summed E-state index contributed by atoms with van der Waals surface area (Å²) in [5.41, 5.74) is 0.275. The van der Waals surface area contributed by atoms with Gasteiger partial charge in [-0.25, -0.2) is 9.59 Å². The molecule has 3 amide bonds. The summed E-state index contributed by atoms with van der Waals surface area (Å²) in [6.07, 6.45) is 0.790. The van der Waals surface area contributed by atoms with E-state index in [1.807, 2.05) is 30.3 Å². The molecular weight excluding hydrogens is 538 g/mol. The van der Waals surface area contributed by atoms with Gasteiger partial charge in [0.15, 0.2) is 0 Å². The normalized spacial score (nSPS) is 14.7. The van der Waals surface area contributed by atoms with Gasteiger partial charge in [-0.1, -0.05) is 36.4 Å². The van der Waals surface area contributed by atoms with E-state index >= 15 is 0 Å². The summed E-state index contributed by atoms with van der Waals surface area (Å²) < 4.78 is 10.9. The fraction of sp³-hybridized carbons (Fsp3) is 0.500. The van der Waals surface area contributed by atoms with Crippen LogP contribution in [0, 0.1) is 6.92 Å². The Hall–Kier alpha value is -4.08. The summed E-state index contributed by atoms with van der Waals surface area (Å²) in [6, 6.07) is 11.5. The number of benzene rings is 2. The van der Waals surface area contributed by atoms with Crippen molar-refractivity contribution in [2.75, 3.05) is 6.54 Å². The quantitative estimate of drug-likeness (QED) is 0.356. The van der Waals surface area contributed by atoms with Crippen LogP contribution in [0.25, 0.3) is 0 Å². The van der Waals surface area contributed by atoms with E-state index in [9.17, 15) is 24.3 Å². The molecule has 42 heavy (non-hydrogen) atoms. The van der Waals surface area contributed by atoms with E-state index in [2.05, 4.69) is 10.6 Å². The second kappa shape index (κ2) is 13.3. The van der Waals surface area contributed by atoms with Gasteiger partial charge in [0.2, 0.25) is 11.8 Å². The number of phenols is 1. The van der Waals surface area contributed by atoms with Crippen LogP contribution in [-0.4, -0.2) is 63.7 Å². The van der Waals surface area contributed by atoms with Gasteiger partial charge in [0, 0.05) is 12.5 Å². The molecule has 0 aliphatic heterocycles. The van der Waals surface area contributed by atoms with E-state index in [0.29, 0.717) is 24.0 Å². The predicted octanol–water partition coefficient (Wildman–Crippen LogP) is 4.33. The molecule has 1 aliphatic carbocycles. The molecule has 3 N–H and O–H groups in total. The molecule has 0 radical (unpaired) electrons. The molecule has 1 fully saturated rings. The third-order valence-electron chi connectivity index (χ3n) is 6.36. The first-order valence-corrected chi connectivity index (χ1v) is 14.2. The molecule has 2 aromatic carbocycles. The van der Waals surface area contributed by atoms with Crippen LogP contribution in [0.4, 0.5) is 4.79 Å². The monoisotopic (exact) mass is 581 g/mol. The number of aromatic hydroxyl groups is 1. The lowest BCUT2D eigenvalue weighted by molar-refractivity contribution is -0.159. The number of nitrogens with zero attached hydrogens (tertiary/aromatic N) is 1. The number of ether oxygens (including phenoxy) is 2. The number of amides is 3. The van der Waals surface area contributed by atoms with Gasteiger partial charge in [-0.15, -0.1) is 0 Å². The molecule has 0 bridgehead atoms. The van der Waals surface area contributed by atoms with E-state index in [1.165, 1.54) is 11.0 Å². The Kier molecular flexibility index (Phi) is 10.2. The van der Waals surface area contributed by atoms with Crippen LogP contribution in [0.3, 0.4) is 0 Å². The molecule has 0 aromatic heterocycles. The number of nitrogens with one attached hydrogen (secondary N) is 2. The number of phenolic OH excluding ortho intramolecular Hbond substituents is 1. The van der Waals surface area contributed by atoms with Gasteiger partial charge in [-0.05, 0) is 90.1 Å². The molecule has 228 valence electrons. The van der Waals surface area contributed by atoms with E-state index in [1.54, 1.807) is 60.6 Å². The number of rotatable bonds is 10. The molecule has 2 unspecified atom stereocenters. The van der Waals surface area contributed by atoms with Crippen molar-refractivity contribution >= 4 is 23.9 Å². The number of carbonyl (C=O) groups is 4. The van der Waals surface area contributed by atoms with E-state index in [0.717, 1.165) is 5.56 Å². The first kappa shape index (κ1) is 32.4. The highest BCUT2D eigenvalue weighted by Gasteiger charge is 2.42. The summed E-state index contributed by atoms with van der Waals surface area (Å²) in [4.78, 5) is 54.7. The van der Waals surface area contributed by atoms with Crippen molar-refractivity contribution in [3.05, 3.63) is 65.2 Å². The molecule has 0 saturated heterocycles.